The average Bonchev–Trinajstić information content (AvgIpc) is 3.39. The van der Waals surface area contributed by atoms with E-state index in [1.807, 2.05) is 12.1 Å². The van der Waals surface area contributed by atoms with Crippen LogP contribution < -0.4 is 4.74 Å². The van der Waals surface area contributed by atoms with Gasteiger partial charge < -0.3 is 19.5 Å². The van der Waals surface area contributed by atoms with Crippen LogP contribution in [0.15, 0.2) is 42.7 Å². The van der Waals surface area contributed by atoms with Crippen molar-refractivity contribution in [3.63, 3.8) is 0 Å². The normalized spacial score (nSPS) is 23.2. The highest BCUT2D eigenvalue weighted by Crippen LogP contribution is 2.52. The highest BCUT2D eigenvalue weighted by Gasteiger charge is 2.57. The number of nitrogens with zero attached hydrogens (tertiary/aromatic N) is 2. The van der Waals surface area contributed by atoms with E-state index in [-0.39, 0.29) is 11.9 Å². The van der Waals surface area contributed by atoms with Crippen LogP contribution in [-0.4, -0.2) is 52.5 Å². The molecule has 1 N–H and O–H groups in total. The molecule has 1 saturated heterocycles. The number of aliphatic carboxylic acids is 1. The number of fused-ring (bicyclic) bond motifs is 2. The summed E-state index contributed by atoms with van der Waals surface area (Å²) >= 11 is 0. The van der Waals surface area contributed by atoms with Crippen molar-refractivity contribution in [1.82, 2.24) is 9.88 Å². The van der Waals surface area contributed by atoms with Gasteiger partial charge in [0.15, 0.2) is 12.2 Å². The molecule has 8 heteroatoms. The maximum atomic E-state index is 13.4. The molecule has 1 aromatic carbocycles. The quantitative estimate of drug-likeness (QED) is 0.753. The first-order chi connectivity index (χ1) is 14.4. The van der Waals surface area contributed by atoms with E-state index >= 15 is 0 Å². The number of rotatable bonds is 5. The number of hydrogen-bond donors (Lipinski definition) is 1. The zero-order chi connectivity index (χ0) is 20.9. The Hall–Kier alpha value is -3.42. The summed E-state index contributed by atoms with van der Waals surface area (Å²) in [7, 11) is 0. The van der Waals surface area contributed by atoms with Crippen molar-refractivity contribution >= 4 is 17.8 Å². The lowest BCUT2D eigenvalue weighted by atomic mass is 9.92. The number of aromatic nitrogens is 1. The number of carbonyl (C=O) groups is 3. The summed E-state index contributed by atoms with van der Waals surface area (Å²) in [6.45, 7) is 0.459. The van der Waals surface area contributed by atoms with E-state index in [1.54, 1.807) is 29.3 Å². The van der Waals surface area contributed by atoms with Crippen LogP contribution in [0.5, 0.6) is 5.75 Å². The molecule has 3 aliphatic rings. The van der Waals surface area contributed by atoms with Gasteiger partial charge in [-0.25, -0.2) is 9.59 Å². The van der Waals surface area contributed by atoms with Gasteiger partial charge in [-0.15, -0.1) is 0 Å². The summed E-state index contributed by atoms with van der Waals surface area (Å²) in [6, 6.07) is 8.84. The zero-order valence-electron chi connectivity index (χ0n) is 16.2. The molecule has 0 radical (unpaired) electrons. The van der Waals surface area contributed by atoms with Crippen LogP contribution in [0.25, 0.3) is 0 Å². The van der Waals surface area contributed by atoms with E-state index in [0.717, 1.165) is 24.0 Å². The van der Waals surface area contributed by atoms with Crippen molar-refractivity contribution in [1.29, 1.82) is 0 Å². The molecule has 2 fully saturated rings. The highest BCUT2D eigenvalue weighted by atomic mass is 16.6. The van der Waals surface area contributed by atoms with Crippen molar-refractivity contribution in [2.24, 2.45) is 0 Å². The Kier molecular flexibility index (Phi) is 4.06. The summed E-state index contributed by atoms with van der Waals surface area (Å²) in [4.78, 5) is 42.1. The Morgan fingerprint density at radius 1 is 1.17 bits per heavy atom. The van der Waals surface area contributed by atoms with Gasteiger partial charge in [-0.1, -0.05) is 12.1 Å². The lowest BCUT2D eigenvalue weighted by Gasteiger charge is -2.27. The molecule has 1 saturated carbocycles. The van der Waals surface area contributed by atoms with Crippen LogP contribution in [0, 0.1) is 0 Å². The highest BCUT2D eigenvalue weighted by molar-refractivity contribution is 5.95. The third kappa shape index (κ3) is 2.82. The first-order valence-corrected chi connectivity index (χ1v) is 9.86. The minimum Gasteiger partial charge on any atom is -0.482 e. The van der Waals surface area contributed by atoms with E-state index in [0.29, 0.717) is 30.8 Å². The number of hydrogen-bond acceptors (Lipinski definition) is 6. The monoisotopic (exact) mass is 408 g/mol. The van der Waals surface area contributed by atoms with E-state index in [4.69, 9.17) is 14.6 Å². The number of carboxylic acid groups (broad SMARTS) is 1. The topological polar surface area (TPSA) is 106 Å². The predicted molar refractivity (Wildman–Crippen MR) is 103 cm³/mol. The standard InChI is InChI=1S/C22H20N2O6/c25-18(26)12-29-15-3-1-14(2-4-15)21(6-7-21)20(28)24-10-8-22(13-24)17-5-9-23-11-16(17)19(27)30-22/h1-5,9,11H,6-8,10,12-13H2,(H,25,26)/t22-/m0/s1. The van der Waals surface area contributed by atoms with Gasteiger partial charge in [0.1, 0.15) is 5.75 Å². The Morgan fingerprint density at radius 3 is 2.63 bits per heavy atom. The second-order valence-corrected chi connectivity index (χ2v) is 8.07. The van der Waals surface area contributed by atoms with E-state index in [1.165, 1.54) is 6.20 Å². The Labute approximate surface area is 172 Å². The van der Waals surface area contributed by atoms with Gasteiger partial charge in [-0.2, -0.15) is 0 Å². The number of likely N-dealkylation sites (tertiary alicyclic amines) is 1. The molecule has 1 spiro atoms. The molecule has 5 rings (SSSR count). The number of benzene rings is 1. The van der Waals surface area contributed by atoms with Crippen molar-refractivity contribution in [2.75, 3.05) is 19.7 Å². The number of amides is 1. The molecule has 1 atom stereocenters. The largest absolute Gasteiger partial charge is 0.482 e. The lowest BCUT2D eigenvalue weighted by Crippen LogP contribution is -2.40. The molecule has 154 valence electrons. The fourth-order valence-corrected chi connectivity index (χ4v) is 4.57. The fraction of sp³-hybridized carbons (Fsp3) is 0.364. The maximum Gasteiger partial charge on any atom is 0.341 e. The molecule has 30 heavy (non-hydrogen) atoms. The van der Waals surface area contributed by atoms with Gasteiger partial charge in [-0.3, -0.25) is 9.78 Å². The molecule has 2 aromatic rings. The number of carbonyl (C=O) groups excluding carboxylic acids is 2. The third-order valence-electron chi connectivity index (χ3n) is 6.27. The fourth-order valence-electron chi connectivity index (χ4n) is 4.57. The molecule has 1 amide bonds. The van der Waals surface area contributed by atoms with E-state index in [9.17, 15) is 14.4 Å². The number of pyridine rings is 1. The van der Waals surface area contributed by atoms with Crippen LogP contribution in [-0.2, 0) is 25.3 Å². The molecule has 8 nitrogen and oxygen atoms in total. The minimum atomic E-state index is -1.04. The summed E-state index contributed by atoms with van der Waals surface area (Å²) in [6.07, 6.45) is 5.24. The smallest absolute Gasteiger partial charge is 0.341 e. The SMILES string of the molecule is O=C(O)COc1ccc(C2(C(=O)N3CC[C@@]4(C3)OC(=O)c3cnccc34)CC2)cc1. The molecule has 3 heterocycles. The van der Waals surface area contributed by atoms with Crippen LogP contribution >= 0.6 is 0 Å². The molecule has 2 aliphatic heterocycles. The summed E-state index contributed by atoms with van der Waals surface area (Å²) in [5.41, 5.74) is 0.826. The van der Waals surface area contributed by atoms with E-state index < -0.39 is 23.6 Å². The van der Waals surface area contributed by atoms with Gasteiger partial charge in [0.25, 0.3) is 0 Å². The second-order valence-electron chi connectivity index (χ2n) is 8.07. The molecule has 1 aliphatic carbocycles. The van der Waals surface area contributed by atoms with Crippen LogP contribution in [0.3, 0.4) is 0 Å². The van der Waals surface area contributed by atoms with Gasteiger partial charge >= 0.3 is 11.9 Å². The Balaban J connectivity index is 1.34. The second kappa shape index (κ2) is 6.55. The number of ether oxygens (including phenoxy) is 2. The van der Waals surface area contributed by atoms with Gasteiger partial charge in [0, 0.05) is 30.9 Å². The number of esters is 1. The van der Waals surface area contributed by atoms with Crippen molar-refractivity contribution < 1.29 is 29.0 Å². The first kappa shape index (κ1) is 18.6. The molecule has 1 aromatic heterocycles. The van der Waals surface area contributed by atoms with Crippen molar-refractivity contribution in [3.05, 3.63) is 59.4 Å². The Bertz CT molecular complexity index is 1050. The number of carboxylic acids is 1. The lowest BCUT2D eigenvalue weighted by molar-refractivity contribution is -0.139. The predicted octanol–water partition coefficient (Wildman–Crippen LogP) is 1.87. The average molecular weight is 408 g/mol. The molecule has 0 bridgehead atoms. The minimum absolute atomic E-state index is 0.0390. The summed E-state index contributed by atoms with van der Waals surface area (Å²) in [5.74, 6) is -0.934. The van der Waals surface area contributed by atoms with Gasteiger partial charge in [-0.05, 0) is 36.6 Å². The summed E-state index contributed by atoms with van der Waals surface area (Å²) in [5, 5.41) is 8.72. The van der Waals surface area contributed by atoms with Gasteiger partial charge in [0.2, 0.25) is 5.91 Å². The summed E-state index contributed by atoms with van der Waals surface area (Å²) < 4.78 is 10.9. The third-order valence-corrected chi connectivity index (χ3v) is 6.27. The maximum absolute atomic E-state index is 13.4. The van der Waals surface area contributed by atoms with Crippen molar-refractivity contribution in [2.45, 2.75) is 30.3 Å². The van der Waals surface area contributed by atoms with Crippen LogP contribution in [0.2, 0.25) is 0 Å². The molecule has 0 unspecified atom stereocenters. The van der Waals surface area contributed by atoms with Crippen LogP contribution in [0.1, 0.15) is 40.7 Å². The van der Waals surface area contributed by atoms with Gasteiger partial charge in [0.05, 0.1) is 17.5 Å². The van der Waals surface area contributed by atoms with Crippen LogP contribution in [0.4, 0.5) is 0 Å². The Morgan fingerprint density at radius 2 is 1.93 bits per heavy atom. The van der Waals surface area contributed by atoms with E-state index in [2.05, 4.69) is 4.98 Å². The molecular formula is C22H20N2O6. The molecular weight excluding hydrogens is 388 g/mol. The first-order valence-electron chi connectivity index (χ1n) is 9.86. The van der Waals surface area contributed by atoms with Crippen molar-refractivity contribution in [3.8, 4) is 5.75 Å². The zero-order valence-corrected chi connectivity index (χ0v) is 16.2.